The Morgan fingerprint density at radius 1 is 1.08 bits per heavy atom. The van der Waals surface area contributed by atoms with Crippen LogP contribution in [-0.2, 0) is 17.8 Å². The largest absolute Gasteiger partial charge is 0.381 e. The van der Waals surface area contributed by atoms with Crippen LogP contribution in [0.15, 0.2) is 12.4 Å². The van der Waals surface area contributed by atoms with E-state index in [2.05, 4.69) is 37.5 Å². The van der Waals surface area contributed by atoms with Gasteiger partial charge in [0.15, 0.2) is 0 Å². The average molecular weight is 333 g/mol. The SMILES string of the molecule is CN1CCN(C[C@H]2CN(C[C@@H]3CCOC3)Cc3nccn3C2)CC1. The first-order chi connectivity index (χ1) is 11.8. The molecule has 0 spiro atoms. The molecular formula is C18H31N5O. The van der Waals surface area contributed by atoms with Crippen LogP contribution in [0.25, 0.3) is 0 Å². The second-order valence-corrected chi connectivity index (χ2v) is 7.89. The Balaban J connectivity index is 1.40. The van der Waals surface area contributed by atoms with E-state index in [1.165, 1.54) is 51.5 Å². The predicted molar refractivity (Wildman–Crippen MR) is 93.9 cm³/mol. The fourth-order valence-corrected chi connectivity index (χ4v) is 4.37. The summed E-state index contributed by atoms with van der Waals surface area (Å²) < 4.78 is 7.96. The fraction of sp³-hybridized carbons (Fsp3) is 0.833. The van der Waals surface area contributed by atoms with Gasteiger partial charge in [0.2, 0.25) is 0 Å². The van der Waals surface area contributed by atoms with E-state index in [4.69, 9.17) is 4.74 Å². The van der Waals surface area contributed by atoms with Crippen molar-refractivity contribution in [3.63, 3.8) is 0 Å². The zero-order valence-corrected chi connectivity index (χ0v) is 14.9. The first-order valence-corrected chi connectivity index (χ1v) is 9.47. The second kappa shape index (κ2) is 7.52. The molecule has 6 heteroatoms. The van der Waals surface area contributed by atoms with Gasteiger partial charge < -0.3 is 19.1 Å². The van der Waals surface area contributed by atoms with Crippen LogP contribution in [0.2, 0.25) is 0 Å². The normalized spacial score (nSPS) is 30.4. The molecule has 4 rings (SSSR count). The van der Waals surface area contributed by atoms with E-state index in [0.29, 0.717) is 11.8 Å². The van der Waals surface area contributed by atoms with Gasteiger partial charge in [0, 0.05) is 77.3 Å². The van der Waals surface area contributed by atoms with Crippen LogP contribution in [-0.4, -0.2) is 90.3 Å². The molecule has 0 unspecified atom stereocenters. The summed E-state index contributed by atoms with van der Waals surface area (Å²) in [5, 5.41) is 0. The minimum atomic E-state index is 0.686. The van der Waals surface area contributed by atoms with Crippen LogP contribution in [0.5, 0.6) is 0 Å². The number of hydrogen-bond acceptors (Lipinski definition) is 5. The van der Waals surface area contributed by atoms with E-state index in [0.717, 1.165) is 32.8 Å². The third-order valence-corrected chi connectivity index (χ3v) is 5.79. The summed E-state index contributed by atoms with van der Waals surface area (Å²) in [4.78, 5) is 12.3. The molecule has 0 N–H and O–H groups in total. The molecular weight excluding hydrogens is 302 g/mol. The van der Waals surface area contributed by atoms with Gasteiger partial charge in [-0.2, -0.15) is 0 Å². The number of likely N-dealkylation sites (N-methyl/N-ethyl adjacent to an activating group) is 1. The minimum Gasteiger partial charge on any atom is -0.381 e. The van der Waals surface area contributed by atoms with Crippen LogP contribution in [0.1, 0.15) is 12.2 Å². The molecule has 2 saturated heterocycles. The highest BCUT2D eigenvalue weighted by molar-refractivity contribution is 4.96. The van der Waals surface area contributed by atoms with Gasteiger partial charge >= 0.3 is 0 Å². The van der Waals surface area contributed by atoms with E-state index in [1.54, 1.807) is 0 Å². The maximum atomic E-state index is 5.58. The lowest BCUT2D eigenvalue weighted by atomic mass is 10.1. The Hall–Kier alpha value is -0.950. The standard InChI is InChI=1S/C18H31N5O/c1-20-5-7-21(8-6-20)11-17-12-22(10-16-2-9-24-15-16)14-18-19-3-4-23(18)13-17/h3-4,16-17H,2,5-15H2,1H3/t16-,17-/m0/s1. The number of ether oxygens (including phenoxy) is 1. The molecule has 0 amide bonds. The summed E-state index contributed by atoms with van der Waals surface area (Å²) >= 11 is 0. The molecule has 6 nitrogen and oxygen atoms in total. The summed E-state index contributed by atoms with van der Waals surface area (Å²) in [7, 11) is 2.23. The zero-order valence-electron chi connectivity index (χ0n) is 14.9. The number of piperazine rings is 1. The summed E-state index contributed by atoms with van der Waals surface area (Å²) in [6.45, 7) is 12.4. The molecule has 134 valence electrons. The van der Waals surface area contributed by atoms with Gasteiger partial charge in [0.25, 0.3) is 0 Å². The van der Waals surface area contributed by atoms with Crippen molar-refractivity contribution in [1.29, 1.82) is 0 Å². The van der Waals surface area contributed by atoms with Crippen molar-refractivity contribution in [1.82, 2.24) is 24.3 Å². The van der Waals surface area contributed by atoms with E-state index in [1.807, 2.05) is 6.20 Å². The summed E-state index contributed by atoms with van der Waals surface area (Å²) in [5.41, 5.74) is 0. The quantitative estimate of drug-likeness (QED) is 0.806. The molecule has 4 heterocycles. The predicted octanol–water partition coefficient (Wildman–Crippen LogP) is 0.599. The molecule has 0 aliphatic carbocycles. The topological polar surface area (TPSA) is 36.8 Å². The molecule has 24 heavy (non-hydrogen) atoms. The van der Waals surface area contributed by atoms with Gasteiger partial charge in [-0.05, 0) is 19.4 Å². The molecule has 3 aliphatic rings. The van der Waals surface area contributed by atoms with Crippen LogP contribution >= 0.6 is 0 Å². The summed E-state index contributed by atoms with van der Waals surface area (Å²) in [6.07, 6.45) is 5.34. The zero-order chi connectivity index (χ0) is 16.4. The van der Waals surface area contributed by atoms with Gasteiger partial charge in [0.1, 0.15) is 5.82 Å². The lowest BCUT2D eigenvalue weighted by molar-refractivity contribution is 0.111. The van der Waals surface area contributed by atoms with Gasteiger partial charge in [0.05, 0.1) is 13.2 Å². The molecule has 0 radical (unpaired) electrons. The highest BCUT2D eigenvalue weighted by Crippen LogP contribution is 2.21. The Bertz CT molecular complexity index is 519. The highest BCUT2D eigenvalue weighted by atomic mass is 16.5. The lowest BCUT2D eigenvalue weighted by Crippen LogP contribution is -2.47. The molecule has 1 aromatic rings. The van der Waals surface area contributed by atoms with Crippen LogP contribution in [0.4, 0.5) is 0 Å². The van der Waals surface area contributed by atoms with Crippen molar-refractivity contribution >= 4 is 0 Å². The van der Waals surface area contributed by atoms with Gasteiger partial charge in [-0.25, -0.2) is 4.98 Å². The van der Waals surface area contributed by atoms with Crippen LogP contribution in [0, 0.1) is 11.8 Å². The third-order valence-electron chi connectivity index (χ3n) is 5.79. The van der Waals surface area contributed by atoms with Crippen LogP contribution < -0.4 is 0 Å². The molecule has 3 aliphatic heterocycles. The average Bonchev–Trinajstić information content (AvgIpc) is 3.19. The van der Waals surface area contributed by atoms with Crippen molar-refractivity contribution in [2.24, 2.45) is 11.8 Å². The van der Waals surface area contributed by atoms with Gasteiger partial charge in [-0.3, -0.25) is 4.90 Å². The maximum absolute atomic E-state index is 5.58. The number of aromatic nitrogens is 2. The van der Waals surface area contributed by atoms with E-state index >= 15 is 0 Å². The second-order valence-electron chi connectivity index (χ2n) is 7.89. The lowest BCUT2D eigenvalue weighted by Gasteiger charge is -2.35. The molecule has 2 fully saturated rings. The Labute approximate surface area is 145 Å². The Morgan fingerprint density at radius 2 is 1.92 bits per heavy atom. The van der Waals surface area contributed by atoms with E-state index < -0.39 is 0 Å². The smallest absolute Gasteiger partial charge is 0.122 e. The minimum absolute atomic E-state index is 0.686. The Kier molecular flexibility index (Phi) is 5.17. The molecule has 0 bridgehead atoms. The fourth-order valence-electron chi connectivity index (χ4n) is 4.37. The number of nitrogens with zero attached hydrogens (tertiary/aromatic N) is 5. The van der Waals surface area contributed by atoms with Crippen molar-refractivity contribution in [2.45, 2.75) is 19.5 Å². The number of imidazole rings is 1. The van der Waals surface area contributed by atoms with Crippen molar-refractivity contribution < 1.29 is 4.74 Å². The Morgan fingerprint density at radius 3 is 2.71 bits per heavy atom. The number of rotatable bonds is 4. The van der Waals surface area contributed by atoms with Crippen molar-refractivity contribution in [3.05, 3.63) is 18.2 Å². The van der Waals surface area contributed by atoms with E-state index in [9.17, 15) is 0 Å². The molecule has 2 atom stereocenters. The van der Waals surface area contributed by atoms with Crippen molar-refractivity contribution in [2.75, 3.05) is 66.1 Å². The van der Waals surface area contributed by atoms with Gasteiger partial charge in [-0.1, -0.05) is 0 Å². The van der Waals surface area contributed by atoms with E-state index in [-0.39, 0.29) is 0 Å². The summed E-state index contributed by atoms with van der Waals surface area (Å²) in [6, 6.07) is 0. The molecule has 1 aromatic heterocycles. The third kappa shape index (κ3) is 3.99. The molecule has 0 aromatic carbocycles. The highest BCUT2D eigenvalue weighted by Gasteiger charge is 2.27. The maximum Gasteiger partial charge on any atom is 0.122 e. The first-order valence-electron chi connectivity index (χ1n) is 9.47. The first kappa shape index (κ1) is 16.5. The number of hydrogen-bond donors (Lipinski definition) is 0. The molecule has 0 saturated carbocycles. The van der Waals surface area contributed by atoms with Gasteiger partial charge in [-0.15, -0.1) is 0 Å². The summed E-state index contributed by atoms with van der Waals surface area (Å²) in [5.74, 6) is 2.62. The number of fused-ring (bicyclic) bond motifs is 1. The monoisotopic (exact) mass is 333 g/mol. The van der Waals surface area contributed by atoms with Crippen LogP contribution in [0.3, 0.4) is 0 Å². The van der Waals surface area contributed by atoms with Crippen molar-refractivity contribution in [3.8, 4) is 0 Å².